The topological polar surface area (TPSA) is 52.6 Å². The molecule has 1 aromatic rings. The zero-order chi connectivity index (χ0) is 14.0. The van der Waals surface area contributed by atoms with E-state index < -0.39 is 0 Å². The van der Waals surface area contributed by atoms with E-state index in [0.29, 0.717) is 17.1 Å². The smallest absolute Gasteiger partial charge is 0.173 e. The predicted octanol–water partition coefficient (Wildman–Crippen LogP) is 2.50. The van der Waals surface area contributed by atoms with Crippen LogP contribution in [-0.4, -0.2) is 25.3 Å². The van der Waals surface area contributed by atoms with Crippen LogP contribution in [0.5, 0.6) is 11.5 Å². The van der Waals surface area contributed by atoms with Gasteiger partial charge in [-0.2, -0.15) is 0 Å². The van der Waals surface area contributed by atoms with Crippen LogP contribution >= 0.6 is 0 Å². The number of para-hydroxylation sites is 1. The van der Waals surface area contributed by atoms with Crippen molar-refractivity contribution < 1.29 is 19.1 Å². The van der Waals surface area contributed by atoms with Crippen molar-refractivity contribution in [3.8, 4) is 11.5 Å². The zero-order valence-electron chi connectivity index (χ0n) is 11.4. The first-order valence-corrected chi connectivity index (χ1v) is 6.41. The molecule has 0 aromatic heterocycles. The lowest BCUT2D eigenvalue weighted by Gasteiger charge is -2.25. The van der Waals surface area contributed by atoms with E-state index in [4.69, 9.17) is 9.47 Å². The highest BCUT2D eigenvalue weighted by Crippen LogP contribution is 2.36. The van der Waals surface area contributed by atoms with Gasteiger partial charge in [0.25, 0.3) is 0 Å². The van der Waals surface area contributed by atoms with Crippen molar-refractivity contribution in [3.63, 3.8) is 0 Å². The van der Waals surface area contributed by atoms with Crippen LogP contribution in [0.25, 0.3) is 0 Å². The summed E-state index contributed by atoms with van der Waals surface area (Å²) in [5.74, 6) is 0.666. The highest BCUT2D eigenvalue weighted by Gasteiger charge is 2.32. The average Bonchev–Trinajstić information content (AvgIpc) is 2.41. The molecule has 1 atom stereocenters. The van der Waals surface area contributed by atoms with Crippen molar-refractivity contribution in [3.05, 3.63) is 23.8 Å². The Labute approximate surface area is 112 Å². The Kier molecular flexibility index (Phi) is 3.88. The lowest BCUT2D eigenvalue weighted by molar-refractivity contribution is -0.122. The fraction of sp³-hybridized carbons (Fsp3) is 0.467. The van der Waals surface area contributed by atoms with Crippen LogP contribution in [0.2, 0.25) is 0 Å². The molecule has 1 unspecified atom stereocenters. The number of Topliss-reactive ketones (excluding diaryl/α,β-unsaturated/α-hetero) is 2. The van der Waals surface area contributed by atoms with Crippen molar-refractivity contribution in [2.45, 2.75) is 20.3 Å². The molecule has 102 valence electrons. The number of fused-ring (bicyclic) bond motifs is 1. The highest BCUT2D eigenvalue weighted by atomic mass is 16.5. The minimum absolute atomic E-state index is 0.0332. The van der Waals surface area contributed by atoms with E-state index in [9.17, 15) is 9.59 Å². The molecule has 4 heteroatoms. The molecule has 0 bridgehead atoms. The summed E-state index contributed by atoms with van der Waals surface area (Å²) in [6, 6.07) is 5.23. The molecular weight excluding hydrogens is 244 g/mol. The third-order valence-corrected chi connectivity index (χ3v) is 3.36. The van der Waals surface area contributed by atoms with E-state index in [2.05, 4.69) is 0 Å². The molecule has 1 aliphatic heterocycles. The predicted molar refractivity (Wildman–Crippen MR) is 70.8 cm³/mol. The monoisotopic (exact) mass is 262 g/mol. The summed E-state index contributed by atoms with van der Waals surface area (Å²) >= 11 is 0. The molecule has 19 heavy (non-hydrogen) atoms. The lowest BCUT2D eigenvalue weighted by Crippen LogP contribution is -2.31. The SMILES string of the molecule is COc1cccc2c1OCC(CC(=O)C(C)C)C2=O. The van der Waals surface area contributed by atoms with Crippen LogP contribution in [-0.2, 0) is 4.79 Å². The van der Waals surface area contributed by atoms with Gasteiger partial charge >= 0.3 is 0 Å². The van der Waals surface area contributed by atoms with E-state index >= 15 is 0 Å². The van der Waals surface area contributed by atoms with Crippen molar-refractivity contribution in [2.75, 3.05) is 13.7 Å². The minimum atomic E-state index is -0.380. The molecule has 1 aromatic carbocycles. The maximum Gasteiger partial charge on any atom is 0.173 e. The molecule has 2 rings (SSSR count). The molecule has 1 aliphatic rings. The largest absolute Gasteiger partial charge is 0.493 e. The van der Waals surface area contributed by atoms with Crippen LogP contribution in [0.4, 0.5) is 0 Å². The molecule has 1 heterocycles. The van der Waals surface area contributed by atoms with Gasteiger partial charge in [-0.15, -0.1) is 0 Å². The van der Waals surface area contributed by atoms with Crippen LogP contribution in [0.15, 0.2) is 18.2 Å². The van der Waals surface area contributed by atoms with Crippen molar-refractivity contribution in [1.29, 1.82) is 0 Å². The first-order valence-electron chi connectivity index (χ1n) is 6.41. The van der Waals surface area contributed by atoms with E-state index in [-0.39, 0.29) is 36.4 Å². The Bertz CT molecular complexity index is 505. The zero-order valence-corrected chi connectivity index (χ0v) is 11.4. The molecule has 0 aliphatic carbocycles. The normalized spacial score (nSPS) is 17.9. The van der Waals surface area contributed by atoms with Gasteiger partial charge in [0.15, 0.2) is 17.3 Å². The Balaban J connectivity index is 2.23. The molecule has 0 amide bonds. The second-order valence-electron chi connectivity index (χ2n) is 5.03. The van der Waals surface area contributed by atoms with Crippen LogP contribution in [0, 0.1) is 11.8 Å². The summed E-state index contributed by atoms with van der Waals surface area (Å²) < 4.78 is 10.8. The van der Waals surface area contributed by atoms with Gasteiger partial charge in [-0.1, -0.05) is 19.9 Å². The molecule has 0 N–H and O–H groups in total. The van der Waals surface area contributed by atoms with Gasteiger partial charge < -0.3 is 9.47 Å². The number of ketones is 2. The fourth-order valence-electron chi connectivity index (χ4n) is 2.13. The summed E-state index contributed by atoms with van der Waals surface area (Å²) in [5, 5.41) is 0. The number of ether oxygens (including phenoxy) is 2. The quantitative estimate of drug-likeness (QED) is 0.836. The van der Waals surface area contributed by atoms with Gasteiger partial charge in [-0.05, 0) is 12.1 Å². The number of hydrogen-bond acceptors (Lipinski definition) is 4. The van der Waals surface area contributed by atoms with Gasteiger partial charge in [-0.25, -0.2) is 0 Å². The van der Waals surface area contributed by atoms with E-state index in [1.54, 1.807) is 18.2 Å². The fourth-order valence-corrected chi connectivity index (χ4v) is 2.13. The Hall–Kier alpha value is -1.84. The van der Waals surface area contributed by atoms with E-state index in [1.807, 2.05) is 13.8 Å². The van der Waals surface area contributed by atoms with E-state index in [0.717, 1.165) is 0 Å². The standard InChI is InChI=1S/C15H18O4/c1-9(2)12(16)7-10-8-19-15-11(14(10)17)5-4-6-13(15)18-3/h4-6,9-10H,7-8H2,1-3H3. The van der Waals surface area contributed by atoms with Gasteiger partial charge in [0.1, 0.15) is 5.78 Å². The highest BCUT2D eigenvalue weighted by molar-refractivity contribution is 6.03. The van der Waals surface area contributed by atoms with Crippen molar-refractivity contribution in [1.82, 2.24) is 0 Å². The van der Waals surface area contributed by atoms with Gasteiger partial charge in [0.05, 0.1) is 25.2 Å². The number of benzene rings is 1. The Morgan fingerprint density at radius 2 is 2.21 bits per heavy atom. The second kappa shape index (κ2) is 5.43. The van der Waals surface area contributed by atoms with Crippen LogP contribution in [0.3, 0.4) is 0 Å². The van der Waals surface area contributed by atoms with Crippen LogP contribution < -0.4 is 9.47 Å². The maximum atomic E-state index is 12.4. The third kappa shape index (κ3) is 2.62. The first-order chi connectivity index (χ1) is 9.04. The summed E-state index contributed by atoms with van der Waals surface area (Å²) in [4.78, 5) is 24.1. The summed E-state index contributed by atoms with van der Waals surface area (Å²) in [6.45, 7) is 3.92. The second-order valence-corrected chi connectivity index (χ2v) is 5.03. The molecule has 0 fully saturated rings. The molecule has 0 saturated carbocycles. The summed E-state index contributed by atoms with van der Waals surface area (Å²) in [5.41, 5.74) is 0.507. The number of methoxy groups -OCH3 is 1. The molecule has 0 radical (unpaired) electrons. The minimum Gasteiger partial charge on any atom is -0.493 e. The van der Waals surface area contributed by atoms with Crippen molar-refractivity contribution in [2.24, 2.45) is 11.8 Å². The molecule has 0 saturated heterocycles. The summed E-state index contributed by atoms with van der Waals surface area (Å²) in [7, 11) is 1.54. The Morgan fingerprint density at radius 1 is 1.47 bits per heavy atom. The Morgan fingerprint density at radius 3 is 2.84 bits per heavy atom. The van der Waals surface area contributed by atoms with Crippen molar-refractivity contribution >= 4 is 11.6 Å². The summed E-state index contributed by atoms with van der Waals surface area (Å²) in [6.07, 6.45) is 0.243. The van der Waals surface area contributed by atoms with Gasteiger partial charge in [-0.3, -0.25) is 9.59 Å². The van der Waals surface area contributed by atoms with Gasteiger partial charge in [0, 0.05) is 12.3 Å². The molecule has 4 nitrogen and oxygen atoms in total. The van der Waals surface area contributed by atoms with E-state index in [1.165, 1.54) is 7.11 Å². The average molecular weight is 262 g/mol. The molecule has 0 spiro atoms. The number of hydrogen-bond donors (Lipinski definition) is 0. The number of carbonyl (C=O) groups excluding carboxylic acids is 2. The molecular formula is C15H18O4. The lowest BCUT2D eigenvalue weighted by atomic mass is 9.88. The van der Waals surface area contributed by atoms with Gasteiger partial charge in [0.2, 0.25) is 0 Å². The first kappa shape index (κ1) is 13.6. The number of rotatable bonds is 4. The number of carbonyl (C=O) groups is 2. The third-order valence-electron chi connectivity index (χ3n) is 3.36. The van der Waals surface area contributed by atoms with Crippen LogP contribution in [0.1, 0.15) is 30.6 Å². The maximum absolute atomic E-state index is 12.4.